The Labute approximate surface area is 179 Å². The lowest BCUT2D eigenvalue weighted by atomic mass is 9.86. The highest BCUT2D eigenvalue weighted by Gasteiger charge is 2.20. The number of benzene rings is 3. The van der Waals surface area contributed by atoms with Crippen LogP contribution in [0.2, 0.25) is 0 Å². The van der Waals surface area contributed by atoms with Crippen LogP contribution in [-0.2, 0) is 6.54 Å². The molecule has 150 valence electrons. The van der Waals surface area contributed by atoms with Gasteiger partial charge < -0.3 is 5.11 Å². The summed E-state index contributed by atoms with van der Waals surface area (Å²) < 4.78 is 1.53. The average Bonchev–Trinajstić information content (AvgIpc) is 2.78. The number of thioether (sulfide) groups is 1. The van der Waals surface area contributed by atoms with Gasteiger partial charge in [0.15, 0.2) is 0 Å². The third-order valence-corrected chi connectivity index (χ3v) is 5.88. The van der Waals surface area contributed by atoms with Crippen molar-refractivity contribution in [2.45, 2.75) is 17.4 Å². The summed E-state index contributed by atoms with van der Waals surface area (Å²) in [6.45, 7) is 0.489. The lowest BCUT2D eigenvalue weighted by Gasteiger charge is -2.19. The molecule has 5 heteroatoms. The molecule has 0 spiro atoms. The van der Waals surface area contributed by atoms with Crippen molar-refractivity contribution in [1.29, 1.82) is 0 Å². The number of phenolic OH excluding ortho intramolecular Hbond substituents is 1. The molecular formula is C25H22N2O2S. The first kappa shape index (κ1) is 20.0. The van der Waals surface area contributed by atoms with Gasteiger partial charge in [0, 0.05) is 28.3 Å². The SMILES string of the molecule is O=c1c(C(c2ccccc2)c2ccccc2)ccnn1CCSc1cccc(O)c1. The van der Waals surface area contributed by atoms with Gasteiger partial charge in [-0.1, -0.05) is 66.7 Å². The van der Waals surface area contributed by atoms with Crippen molar-refractivity contribution in [1.82, 2.24) is 9.78 Å². The number of hydrogen-bond donors (Lipinski definition) is 1. The third-order valence-electron chi connectivity index (χ3n) is 4.91. The van der Waals surface area contributed by atoms with E-state index in [1.54, 1.807) is 30.1 Å². The average molecular weight is 415 g/mol. The van der Waals surface area contributed by atoms with E-state index in [0.717, 1.165) is 16.0 Å². The Morgan fingerprint density at radius 3 is 2.17 bits per heavy atom. The molecule has 0 unspecified atom stereocenters. The van der Waals surface area contributed by atoms with Crippen LogP contribution in [0.5, 0.6) is 5.75 Å². The minimum atomic E-state index is -0.145. The Balaban J connectivity index is 1.62. The van der Waals surface area contributed by atoms with Crippen LogP contribution in [-0.4, -0.2) is 20.6 Å². The fraction of sp³-hybridized carbons (Fsp3) is 0.120. The molecule has 30 heavy (non-hydrogen) atoms. The van der Waals surface area contributed by atoms with E-state index in [1.165, 1.54) is 4.68 Å². The number of phenols is 1. The molecule has 0 bridgehead atoms. The first-order valence-electron chi connectivity index (χ1n) is 9.80. The van der Waals surface area contributed by atoms with Crippen molar-refractivity contribution in [2.75, 3.05) is 5.75 Å². The molecule has 4 rings (SSSR count). The molecule has 4 nitrogen and oxygen atoms in total. The van der Waals surface area contributed by atoms with Crippen molar-refractivity contribution in [3.8, 4) is 5.75 Å². The van der Waals surface area contributed by atoms with Gasteiger partial charge in [-0.15, -0.1) is 11.8 Å². The highest BCUT2D eigenvalue weighted by Crippen LogP contribution is 2.29. The molecule has 1 heterocycles. The largest absolute Gasteiger partial charge is 0.508 e. The fourth-order valence-corrected chi connectivity index (χ4v) is 4.39. The Kier molecular flexibility index (Phi) is 6.30. The number of aromatic nitrogens is 2. The molecule has 0 aliphatic carbocycles. The lowest BCUT2D eigenvalue weighted by molar-refractivity contribution is 0.474. The maximum absolute atomic E-state index is 13.3. The van der Waals surface area contributed by atoms with E-state index in [2.05, 4.69) is 29.4 Å². The lowest BCUT2D eigenvalue weighted by Crippen LogP contribution is -2.28. The van der Waals surface area contributed by atoms with Crippen molar-refractivity contribution < 1.29 is 5.11 Å². The summed E-state index contributed by atoms with van der Waals surface area (Å²) in [6, 6.07) is 29.1. The maximum Gasteiger partial charge on any atom is 0.270 e. The van der Waals surface area contributed by atoms with Gasteiger partial charge in [-0.05, 0) is 35.4 Å². The summed E-state index contributed by atoms with van der Waals surface area (Å²) in [5.41, 5.74) is 2.79. The normalized spacial score (nSPS) is 11.0. The Hall–Kier alpha value is -3.31. The van der Waals surface area contributed by atoms with Crippen molar-refractivity contribution in [3.63, 3.8) is 0 Å². The standard InChI is InChI=1S/C25H22N2O2S/c28-21-12-7-13-22(18-21)30-17-16-27-25(29)23(14-15-26-27)24(19-8-3-1-4-9-19)20-10-5-2-6-11-20/h1-15,18,24,28H,16-17H2. The van der Waals surface area contributed by atoms with Gasteiger partial charge in [-0.25, -0.2) is 4.68 Å². The van der Waals surface area contributed by atoms with Gasteiger partial charge in [0.2, 0.25) is 0 Å². The van der Waals surface area contributed by atoms with Crippen LogP contribution >= 0.6 is 11.8 Å². The topological polar surface area (TPSA) is 55.1 Å². The summed E-state index contributed by atoms with van der Waals surface area (Å²) in [7, 11) is 0. The first-order chi connectivity index (χ1) is 14.7. The van der Waals surface area contributed by atoms with E-state index in [1.807, 2.05) is 54.6 Å². The number of hydrogen-bond acceptors (Lipinski definition) is 4. The Morgan fingerprint density at radius 2 is 1.53 bits per heavy atom. The molecule has 0 aliphatic rings. The van der Waals surface area contributed by atoms with Gasteiger partial charge in [-0.2, -0.15) is 5.10 Å². The molecule has 0 aliphatic heterocycles. The van der Waals surface area contributed by atoms with Crippen molar-refractivity contribution in [2.24, 2.45) is 0 Å². The molecule has 0 amide bonds. The molecule has 3 aromatic carbocycles. The van der Waals surface area contributed by atoms with Gasteiger partial charge in [0.25, 0.3) is 5.56 Å². The molecular weight excluding hydrogens is 392 g/mol. The van der Waals surface area contributed by atoms with Crippen LogP contribution in [0.15, 0.2) is 107 Å². The molecule has 0 saturated heterocycles. The zero-order valence-corrected chi connectivity index (χ0v) is 17.2. The fourth-order valence-electron chi connectivity index (χ4n) is 3.51. The highest BCUT2D eigenvalue weighted by atomic mass is 32.2. The van der Waals surface area contributed by atoms with Gasteiger partial charge in [-0.3, -0.25) is 4.79 Å². The number of nitrogens with zero attached hydrogens (tertiary/aromatic N) is 2. The quantitative estimate of drug-likeness (QED) is 0.436. The smallest absolute Gasteiger partial charge is 0.270 e. The highest BCUT2D eigenvalue weighted by molar-refractivity contribution is 7.99. The number of aryl methyl sites for hydroxylation is 1. The predicted molar refractivity (Wildman–Crippen MR) is 121 cm³/mol. The summed E-state index contributed by atoms with van der Waals surface area (Å²) >= 11 is 1.59. The zero-order chi connectivity index (χ0) is 20.8. The van der Waals surface area contributed by atoms with E-state index < -0.39 is 0 Å². The minimum Gasteiger partial charge on any atom is -0.508 e. The summed E-state index contributed by atoms with van der Waals surface area (Å²) in [5, 5.41) is 13.9. The van der Waals surface area contributed by atoms with Crippen molar-refractivity contribution in [3.05, 3.63) is 124 Å². The van der Waals surface area contributed by atoms with E-state index in [-0.39, 0.29) is 17.2 Å². The van der Waals surface area contributed by atoms with Crippen LogP contribution in [0.4, 0.5) is 0 Å². The van der Waals surface area contributed by atoms with E-state index in [4.69, 9.17) is 0 Å². The van der Waals surface area contributed by atoms with Crippen LogP contribution in [0.25, 0.3) is 0 Å². The molecule has 0 atom stereocenters. The Morgan fingerprint density at radius 1 is 0.867 bits per heavy atom. The molecule has 1 aromatic heterocycles. The van der Waals surface area contributed by atoms with E-state index in [0.29, 0.717) is 17.9 Å². The third kappa shape index (κ3) is 4.63. The second-order valence-corrected chi connectivity index (χ2v) is 8.08. The summed E-state index contributed by atoms with van der Waals surface area (Å²) in [5.74, 6) is 0.778. The summed E-state index contributed by atoms with van der Waals surface area (Å²) in [6.07, 6.45) is 1.70. The van der Waals surface area contributed by atoms with Gasteiger partial charge in [0.1, 0.15) is 5.75 Å². The van der Waals surface area contributed by atoms with E-state index >= 15 is 0 Å². The Bertz CT molecular complexity index is 1120. The second-order valence-electron chi connectivity index (χ2n) is 6.92. The van der Waals surface area contributed by atoms with Crippen LogP contribution < -0.4 is 5.56 Å². The van der Waals surface area contributed by atoms with Gasteiger partial charge in [0.05, 0.1) is 6.54 Å². The zero-order valence-electron chi connectivity index (χ0n) is 16.4. The second kappa shape index (κ2) is 9.46. The molecule has 1 N–H and O–H groups in total. The van der Waals surface area contributed by atoms with E-state index in [9.17, 15) is 9.90 Å². The van der Waals surface area contributed by atoms with Gasteiger partial charge >= 0.3 is 0 Å². The molecule has 4 aromatic rings. The minimum absolute atomic E-state index is 0.0771. The van der Waals surface area contributed by atoms with Crippen LogP contribution in [0, 0.1) is 0 Å². The first-order valence-corrected chi connectivity index (χ1v) is 10.8. The molecule has 0 saturated carbocycles. The van der Waals surface area contributed by atoms with Crippen LogP contribution in [0.3, 0.4) is 0 Å². The monoisotopic (exact) mass is 414 g/mol. The molecule has 0 fully saturated rings. The maximum atomic E-state index is 13.3. The number of aromatic hydroxyl groups is 1. The summed E-state index contributed by atoms with van der Waals surface area (Å²) in [4.78, 5) is 14.3. The van der Waals surface area contributed by atoms with Crippen LogP contribution in [0.1, 0.15) is 22.6 Å². The predicted octanol–water partition coefficient (Wildman–Crippen LogP) is 4.92. The number of rotatable bonds is 7. The molecule has 0 radical (unpaired) electrons. The van der Waals surface area contributed by atoms with Crippen molar-refractivity contribution >= 4 is 11.8 Å².